The molecule has 0 aliphatic heterocycles. The lowest BCUT2D eigenvalue weighted by atomic mass is 10.3. The van der Waals surface area contributed by atoms with Gasteiger partial charge in [0, 0.05) is 12.1 Å². The van der Waals surface area contributed by atoms with E-state index in [1.807, 2.05) is 0 Å². The molecule has 0 aromatic heterocycles. The fourth-order valence-corrected chi connectivity index (χ4v) is 0.550. The molecule has 0 radical (unpaired) electrons. The summed E-state index contributed by atoms with van der Waals surface area (Å²) in [5.74, 6) is 0. The van der Waals surface area contributed by atoms with Gasteiger partial charge >= 0.3 is 0 Å². The standard InChI is InChI=1S/C6H5NO2.2ClH.HOP/c8-7(9)6-4-2-1-3-5-6;;;1-2/h1-5H;2*1H;2H. The van der Waals surface area contributed by atoms with Crippen LogP contribution in [-0.4, -0.2) is 4.92 Å². The van der Waals surface area contributed by atoms with Crippen LogP contribution < -0.4 is 0 Å². The van der Waals surface area contributed by atoms with E-state index in [0.29, 0.717) is 0 Å². The van der Waals surface area contributed by atoms with E-state index in [2.05, 4.69) is 0 Å². The molecule has 0 N–H and O–H groups in total. The first-order chi connectivity index (χ1) is 5.30. The molecule has 0 amide bonds. The second-order valence-electron chi connectivity index (χ2n) is 1.59. The molecule has 0 unspecified atom stereocenters. The van der Waals surface area contributed by atoms with Gasteiger partial charge in [-0.2, -0.15) is 0 Å². The second-order valence-corrected chi connectivity index (χ2v) is 1.59. The lowest BCUT2D eigenvalue weighted by Crippen LogP contribution is -1.84. The molecule has 0 aliphatic carbocycles. The number of nitro benzene ring substituents is 1. The van der Waals surface area contributed by atoms with E-state index in [1.165, 1.54) is 12.1 Å². The van der Waals surface area contributed by atoms with Gasteiger partial charge in [-0.05, 0) is 0 Å². The first-order valence-electron chi connectivity index (χ1n) is 2.70. The van der Waals surface area contributed by atoms with Gasteiger partial charge in [0.15, 0.2) is 0 Å². The first-order valence-corrected chi connectivity index (χ1v) is 3.11. The molecule has 0 spiro atoms. The smallest absolute Gasteiger partial charge is 0.269 e. The largest absolute Gasteiger partial charge is 0.279 e. The highest BCUT2D eigenvalue weighted by Gasteiger charge is 1.98. The van der Waals surface area contributed by atoms with E-state index in [-0.39, 0.29) is 30.5 Å². The van der Waals surface area contributed by atoms with E-state index in [9.17, 15) is 10.1 Å². The molecule has 0 saturated carbocycles. The number of nitrogens with zero attached hydrogens (tertiary/aromatic N) is 1. The molecule has 0 aliphatic rings. The Morgan fingerprint density at radius 3 is 1.69 bits per heavy atom. The molecule has 0 fully saturated rings. The van der Waals surface area contributed by atoms with Crippen molar-refractivity contribution in [3.05, 3.63) is 40.4 Å². The molecule has 0 bridgehead atoms. The maximum absolute atomic E-state index is 10.0. The van der Waals surface area contributed by atoms with E-state index in [4.69, 9.17) is 4.57 Å². The maximum Gasteiger partial charge on any atom is 0.269 e. The topological polar surface area (TPSA) is 60.2 Å². The lowest BCUT2D eigenvalue weighted by molar-refractivity contribution is -0.384. The summed E-state index contributed by atoms with van der Waals surface area (Å²) in [6, 6.07) is 7.93. The number of halogens is 2. The summed E-state index contributed by atoms with van der Waals surface area (Å²) in [7, 11) is 1.72. The van der Waals surface area contributed by atoms with Crippen LogP contribution in [0, 0.1) is 10.1 Å². The fourth-order valence-electron chi connectivity index (χ4n) is 0.550. The van der Waals surface area contributed by atoms with Gasteiger partial charge in [0.05, 0.1) is 4.92 Å². The van der Waals surface area contributed by atoms with Gasteiger partial charge in [-0.25, -0.2) is 0 Å². The summed E-state index contributed by atoms with van der Waals surface area (Å²) in [5.41, 5.74) is 0.137. The summed E-state index contributed by atoms with van der Waals surface area (Å²) in [6.45, 7) is 0. The van der Waals surface area contributed by atoms with Crippen LogP contribution in [0.2, 0.25) is 0 Å². The molecule has 1 aromatic rings. The highest BCUT2D eigenvalue weighted by atomic mass is 35.5. The highest BCUT2D eigenvalue weighted by Crippen LogP contribution is 2.06. The van der Waals surface area contributed by atoms with Crippen molar-refractivity contribution >= 4 is 39.6 Å². The normalized spacial score (nSPS) is 6.46. The Hall–Kier alpha value is -0.700. The van der Waals surface area contributed by atoms with E-state index < -0.39 is 4.92 Å². The number of hydrogen-bond donors (Lipinski definition) is 0. The maximum atomic E-state index is 10.0. The summed E-state index contributed by atoms with van der Waals surface area (Å²) in [6.07, 6.45) is 0. The van der Waals surface area contributed by atoms with Crippen molar-refractivity contribution in [2.24, 2.45) is 0 Å². The number of nitro groups is 1. The SMILES string of the molecule is Cl.Cl.O=P.O=[N+]([O-])c1ccccc1. The molecular weight excluding hydrogens is 236 g/mol. The van der Waals surface area contributed by atoms with Crippen LogP contribution >= 0.6 is 33.9 Å². The van der Waals surface area contributed by atoms with Gasteiger partial charge in [-0.3, -0.25) is 14.7 Å². The zero-order chi connectivity index (χ0) is 8.69. The molecule has 1 rings (SSSR count). The number of benzene rings is 1. The molecule has 74 valence electrons. The van der Waals surface area contributed by atoms with Crippen LogP contribution in [0.25, 0.3) is 0 Å². The summed E-state index contributed by atoms with van der Waals surface area (Å²) in [4.78, 5) is 9.59. The van der Waals surface area contributed by atoms with Gasteiger partial charge < -0.3 is 0 Å². The van der Waals surface area contributed by atoms with E-state index >= 15 is 0 Å². The number of rotatable bonds is 1. The number of non-ortho nitro benzene ring substituents is 1. The zero-order valence-electron chi connectivity index (χ0n) is 6.38. The van der Waals surface area contributed by atoms with E-state index in [1.54, 1.807) is 27.3 Å². The third-order valence-electron chi connectivity index (χ3n) is 0.967. The molecule has 0 atom stereocenters. The molecule has 0 saturated heterocycles. The second kappa shape index (κ2) is 11.3. The van der Waals surface area contributed by atoms with Crippen molar-refractivity contribution < 1.29 is 9.49 Å². The van der Waals surface area contributed by atoms with Gasteiger partial charge in [-0.1, -0.05) is 18.2 Å². The molecular formula is C6H8Cl2NO3P. The van der Waals surface area contributed by atoms with Crippen LogP contribution in [0.15, 0.2) is 30.3 Å². The minimum atomic E-state index is -0.417. The zero-order valence-corrected chi connectivity index (χ0v) is 9.01. The van der Waals surface area contributed by atoms with Crippen LogP contribution in [0.5, 0.6) is 0 Å². The lowest BCUT2D eigenvalue weighted by Gasteiger charge is -1.85. The van der Waals surface area contributed by atoms with Crippen LogP contribution in [0.1, 0.15) is 0 Å². The summed E-state index contributed by atoms with van der Waals surface area (Å²) >= 11 is 0. The monoisotopic (exact) mass is 243 g/mol. The van der Waals surface area contributed by atoms with Gasteiger partial charge in [-0.15, -0.1) is 24.8 Å². The van der Waals surface area contributed by atoms with Gasteiger partial charge in [0.25, 0.3) is 5.69 Å². The summed E-state index contributed by atoms with van der Waals surface area (Å²) in [5, 5.41) is 10.0. The Morgan fingerprint density at radius 1 is 1.08 bits per heavy atom. The quantitative estimate of drug-likeness (QED) is 0.433. The van der Waals surface area contributed by atoms with Crippen molar-refractivity contribution in [1.82, 2.24) is 0 Å². The Kier molecular flexibility index (Phi) is 15.8. The van der Waals surface area contributed by atoms with Crippen LogP contribution in [0.3, 0.4) is 0 Å². The molecule has 7 heteroatoms. The summed E-state index contributed by atoms with van der Waals surface area (Å²) < 4.78 is 8.06. The average molecular weight is 244 g/mol. The Morgan fingerprint density at radius 2 is 1.46 bits per heavy atom. The van der Waals surface area contributed by atoms with Crippen molar-refractivity contribution in [3.63, 3.8) is 0 Å². The van der Waals surface area contributed by atoms with E-state index in [0.717, 1.165) is 0 Å². The Bertz CT molecular complexity index is 235. The predicted octanol–water partition coefficient (Wildman–Crippen LogP) is 2.91. The van der Waals surface area contributed by atoms with Gasteiger partial charge in [0.2, 0.25) is 0 Å². The molecule has 4 nitrogen and oxygen atoms in total. The minimum Gasteiger partial charge on any atom is -0.279 e. The van der Waals surface area contributed by atoms with Crippen molar-refractivity contribution in [2.75, 3.05) is 0 Å². The van der Waals surface area contributed by atoms with Crippen molar-refractivity contribution in [2.45, 2.75) is 0 Å². The fraction of sp³-hybridized carbons (Fsp3) is 0. The Balaban J connectivity index is -0.000000234. The minimum absolute atomic E-state index is 0. The Labute approximate surface area is 89.9 Å². The predicted molar refractivity (Wildman–Crippen MR) is 56.6 cm³/mol. The third kappa shape index (κ3) is 7.65. The van der Waals surface area contributed by atoms with Gasteiger partial charge in [0.1, 0.15) is 9.12 Å². The van der Waals surface area contributed by atoms with Crippen LogP contribution in [0.4, 0.5) is 5.69 Å². The first kappa shape index (κ1) is 18.2. The molecule has 0 heterocycles. The van der Waals surface area contributed by atoms with Crippen molar-refractivity contribution in [1.29, 1.82) is 0 Å². The highest BCUT2D eigenvalue weighted by molar-refractivity contribution is 7.00. The average Bonchev–Trinajstić information content (AvgIpc) is 2.10. The third-order valence-corrected chi connectivity index (χ3v) is 0.967. The molecule has 1 aromatic carbocycles. The van der Waals surface area contributed by atoms with Crippen molar-refractivity contribution in [3.8, 4) is 0 Å². The molecule has 13 heavy (non-hydrogen) atoms. The van der Waals surface area contributed by atoms with Crippen LogP contribution in [-0.2, 0) is 4.57 Å². The number of hydrogen-bond acceptors (Lipinski definition) is 3. The number of para-hydroxylation sites is 1.